The Kier molecular flexibility index (Phi) is 2.18. The summed E-state index contributed by atoms with van der Waals surface area (Å²) in [5.41, 5.74) is 0. The van der Waals surface area contributed by atoms with Crippen LogP contribution in [0.4, 0.5) is 17.6 Å². The van der Waals surface area contributed by atoms with Crippen molar-refractivity contribution in [1.82, 2.24) is 0 Å². The lowest BCUT2D eigenvalue weighted by atomic mass is 10.3. The summed E-state index contributed by atoms with van der Waals surface area (Å²) >= 11 is 3.23. The molecular formula is C6H2F4OS. The molecule has 1 aromatic rings. The third-order valence-corrected chi connectivity index (χ3v) is 1.63. The van der Waals surface area contributed by atoms with E-state index < -0.39 is 33.9 Å². The SMILES string of the molecule is Oc1c(F)c(F)c(F)c(F)c1S. The second kappa shape index (κ2) is 2.85. The molecule has 1 nitrogen and oxygen atoms in total. The van der Waals surface area contributed by atoms with E-state index >= 15 is 0 Å². The van der Waals surface area contributed by atoms with E-state index in [1.54, 1.807) is 0 Å². The molecule has 66 valence electrons. The first kappa shape index (κ1) is 9.18. The summed E-state index contributed by atoms with van der Waals surface area (Å²) in [6.07, 6.45) is 0. The van der Waals surface area contributed by atoms with Crippen LogP contribution in [0.3, 0.4) is 0 Å². The molecule has 0 aromatic heterocycles. The Morgan fingerprint density at radius 3 is 1.75 bits per heavy atom. The van der Waals surface area contributed by atoms with Gasteiger partial charge in [-0.3, -0.25) is 0 Å². The van der Waals surface area contributed by atoms with Crippen LogP contribution in [0.5, 0.6) is 5.75 Å². The van der Waals surface area contributed by atoms with Crippen LogP contribution in [-0.4, -0.2) is 5.11 Å². The van der Waals surface area contributed by atoms with Gasteiger partial charge < -0.3 is 5.11 Å². The maximum absolute atomic E-state index is 12.4. The minimum absolute atomic E-state index is 0.952. The maximum Gasteiger partial charge on any atom is 0.204 e. The Balaban J connectivity index is 3.60. The van der Waals surface area contributed by atoms with Crippen LogP contribution in [0.2, 0.25) is 0 Å². The zero-order valence-electron chi connectivity index (χ0n) is 5.41. The number of halogens is 4. The number of benzene rings is 1. The van der Waals surface area contributed by atoms with Crippen molar-refractivity contribution in [3.05, 3.63) is 23.3 Å². The number of rotatable bonds is 0. The van der Waals surface area contributed by atoms with Crippen molar-refractivity contribution in [3.8, 4) is 5.75 Å². The highest BCUT2D eigenvalue weighted by Gasteiger charge is 2.22. The van der Waals surface area contributed by atoms with Gasteiger partial charge in [0.25, 0.3) is 0 Å². The molecule has 1 rings (SSSR count). The van der Waals surface area contributed by atoms with Crippen LogP contribution in [-0.2, 0) is 0 Å². The first-order valence-corrected chi connectivity index (χ1v) is 3.15. The summed E-state index contributed by atoms with van der Waals surface area (Å²) in [6.45, 7) is 0. The molecule has 0 heterocycles. The molecule has 6 heteroatoms. The van der Waals surface area contributed by atoms with E-state index in [0.717, 1.165) is 0 Å². The molecule has 0 unspecified atom stereocenters. The average Bonchev–Trinajstić information content (AvgIpc) is 2.08. The smallest absolute Gasteiger partial charge is 0.204 e. The van der Waals surface area contributed by atoms with Gasteiger partial charge in [-0.1, -0.05) is 0 Å². The molecule has 0 fully saturated rings. The van der Waals surface area contributed by atoms with Gasteiger partial charge >= 0.3 is 0 Å². The predicted octanol–water partition coefficient (Wildman–Crippen LogP) is 2.24. The van der Waals surface area contributed by atoms with Gasteiger partial charge in [-0.05, 0) is 0 Å². The molecule has 1 aromatic carbocycles. The molecule has 0 spiro atoms. The predicted molar refractivity (Wildman–Crippen MR) is 35.2 cm³/mol. The largest absolute Gasteiger partial charge is 0.504 e. The number of aromatic hydroxyl groups is 1. The second-order valence-electron chi connectivity index (χ2n) is 1.95. The first-order chi connectivity index (χ1) is 5.46. The van der Waals surface area contributed by atoms with E-state index in [0.29, 0.717) is 0 Å². The molecule has 0 amide bonds. The van der Waals surface area contributed by atoms with Crippen LogP contribution in [0.15, 0.2) is 4.90 Å². The number of phenols is 1. The molecule has 0 aliphatic carbocycles. The highest BCUT2D eigenvalue weighted by molar-refractivity contribution is 7.80. The molecule has 0 saturated carbocycles. The number of hydrogen-bond acceptors (Lipinski definition) is 2. The third-order valence-electron chi connectivity index (χ3n) is 1.22. The topological polar surface area (TPSA) is 20.2 Å². The van der Waals surface area contributed by atoms with Gasteiger partial charge in [-0.2, -0.15) is 4.39 Å². The van der Waals surface area contributed by atoms with Crippen LogP contribution in [0.25, 0.3) is 0 Å². The lowest BCUT2D eigenvalue weighted by Gasteiger charge is -2.02. The quantitative estimate of drug-likeness (QED) is 0.283. The molecule has 0 aliphatic rings. The fourth-order valence-corrected chi connectivity index (χ4v) is 0.805. The van der Waals surface area contributed by atoms with E-state index in [4.69, 9.17) is 5.11 Å². The van der Waals surface area contributed by atoms with Crippen molar-refractivity contribution in [3.63, 3.8) is 0 Å². The zero-order valence-corrected chi connectivity index (χ0v) is 6.30. The van der Waals surface area contributed by atoms with Gasteiger partial charge in [0.2, 0.25) is 11.6 Å². The Labute approximate surface area is 70.0 Å². The maximum atomic E-state index is 12.4. The van der Waals surface area contributed by atoms with Crippen molar-refractivity contribution >= 4 is 12.6 Å². The van der Waals surface area contributed by atoms with Gasteiger partial charge in [-0.15, -0.1) is 12.6 Å². The van der Waals surface area contributed by atoms with Gasteiger partial charge in [0, 0.05) is 0 Å². The molecular weight excluding hydrogens is 196 g/mol. The van der Waals surface area contributed by atoms with Gasteiger partial charge in [0.1, 0.15) is 0 Å². The van der Waals surface area contributed by atoms with Gasteiger partial charge in [0.05, 0.1) is 4.90 Å². The Bertz CT molecular complexity index is 234. The summed E-state index contributed by atoms with van der Waals surface area (Å²) in [6, 6.07) is 0. The summed E-state index contributed by atoms with van der Waals surface area (Å²) in [7, 11) is 0. The first-order valence-electron chi connectivity index (χ1n) is 2.70. The summed E-state index contributed by atoms with van der Waals surface area (Å²) < 4.78 is 49.3. The van der Waals surface area contributed by atoms with Gasteiger partial charge in [-0.25, -0.2) is 13.2 Å². The fourth-order valence-electron chi connectivity index (χ4n) is 0.609. The molecule has 0 bridgehead atoms. The minimum atomic E-state index is -2.05. The average molecular weight is 198 g/mol. The number of phenolic OH excluding ortho intramolecular Hbond substituents is 1. The van der Waals surface area contributed by atoms with E-state index in [1.807, 2.05) is 0 Å². The van der Waals surface area contributed by atoms with Crippen LogP contribution in [0.1, 0.15) is 0 Å². The van der Waals surface area contributed by atoms with E-state index in [9.17, 15) is 17.6 Å². The Morgan fingerprint density at radius 1 is 0.833 bits per heavy atom. The van der Waals surface area contributed by atoms with Crippen molar-refractivity contribution in [1.29, 1.82) is 0 Å². The lowest BCUT2D eigenvalue weighted by Crippen LogP contribution is -1.97. The monoisotopic (exact) mass is 198 g/mol. The van der Waals surface area contributed by atoms with E-state index in [2.05, 4.69) is 12.6 Å². The lowest BCUT2D eigenvalue weighted by molar-refractivity contribution is 0.349. The summed E-state index contributed by atoms with van der Waals surface area (Å²) in [5, 5.41) is 8.59. The molecule has 0 saturated heterocycles. The van der Waals surface area contributed by atoms with Gasteiger partial charge in [0.15, 0.2) is 17.4 Å². The van der Waals surface area contributed by atoms with Crippen molar-refractivity contribution in [2.45, 2.75) is 4.90 Å². The van der Waals surface area contributed by atoms with Crippen LogP contribution in [0, 0.1) is 23.3 Å². The fraction of sp³-hybridized carbons (Fsp3) is 0. The highest BCUT2D eigenvalue weighted by Crippen LogP contribution is 2.31. The van der Waals surface area contributed by atoms with Crippen LogP contribution < -0.4 is 0 Å². The Morgan fingerprint density at radius 2 is 1.25 bits per heavy atom. The molecule has 0 atom stereocenters. The van der Waals surface area contributed by atoms with E-state index in [-0.39, 0.29) is 0 Å². The standard InChI is InChI=1S/C6H2F4OS/c7-1-2(8)4(10)6(12)5(11)3(1)9/h11-12H. The molecule has 0 radical (unpaired) electrons. The minimum Gasteiger partial charge on any atom is -0.504 e. The Hall–Kier alpha value is -0.910. The van der Waals surface area contributed by atoms with Crippen molar-refractivity contribution in [2.75, 3.05) is 0 Å². The summed E-state index contributed by atoms with van der Waals surface area (Å²) in [4.78, 5) is -0.952. The summed E-state index contributed by atoms with van der Waals surface area (Å²) in [5.74, 6) is -8.94. The number of thiol groups is 1. The van der Waals surface area contributed by atoms with Crippen molar-refractivity contribution in [2.24, 2.45) is 0 Å². The zero-order chi connectivity index (χ0) is 9.46. The molecule has 0 aliphatic heterocycles. The molecule has 12 heavy (non-hydrogen) atoms. The van der Waals surface area contributed by atoms with Crippen molar-refractivity contribution < 1.29 is 22.7 Å². The normalized spacial score (nSPS) is 10.4. The third kappa shape index (κ3) is 1.12. The highest BCUT2D eigenvalue weighted by atomic mass is 32.1. The second-order valence-corrected chi connectivity index (χ2v) is 2.40. The molecule has 1 N–H and O–H groups in total. The van der Waals surface area contributed by atoms with E-state index in [1.165, 1.54) is 0 Å². The van der Waals surface area contributed by atoms with Crippen LogP contribution >= 0.6 is 12.6 Å². The number of hydrogen-bond donors (Lipinski definition) is 2.